The van der Waals surface area contributed by atoms with E-state index in [0.717, 1.165) is 0 Å². The lowest BCUT2D eigenvalue weighted by molar-refractivity contribution is -0.385. The van der Waals surface area contributed by atoms with Gasteiger partial charge in [0.15, 0.2) is 0 Å². The molecule has 104 valence electrons. The van der Waals surface area contributed by atoms with Gasteiger partial charge in [0.05, 0.1) is 10.6 Å². The van der Waals surface area contributed by atoms with Gasteiger partial charge in [0, 0.05) is 17.2 Å². The van der Waals surface area contributed by atoms with Crippen molar-refractivity contribution < 1.29 is 9.48 Å². The first-order valence-corrected chi connectivity index (χ1v) is 6.97. The summed E-state index contributed by atoms with van der Waals surface area (Å²) < 4.78 is 15.7. The number of nitro benzene ring substituents is 1. The average Bonchev–Trinajstić information content (AvgIpc) is 2.27. The summed E-state index contributed by atoms with van der Waals surface area (Å²) in [6.07, 6.45) is 0. The maximum Gasteiger partial charge on any atom is 0.272 e. The lowest BCUT2D eigenvalue weighted by Gasteiger charge is -2.19. The lowest BCUT2D eigenvalue weighted by atomic mass is 10.0. The summed E-state index contributed by atoms with van der Waals surface area (Å²) in [5.74, 6) is 0. The van der Waals surface area contributed by atoms with Gasteiger partial charge in [0.2, 0.25) is 0 Å². The zero-order valence-corrected chi connectivity index (χ0v) is 12.6. The van der Waals surface area contributed by atoms with E-state index in [4.69, 9.17) is 0 Å². The highest BCUT2D eigenvalue weighted by atomic mass is 32.2. The molecule has 1 rings (SSSR count). The zero-order valence-electron chi connectivity index (χ0n) is 11.8. The van der Waals surface area contributed by atoms with E-state index in [1.165, 1.54) is 6.07 Å². The summed E-state index contributed by atoms with van der Waals surface area (Å²) in [5, 5.41) is 10.9. The molecule has 0 heterocycles. The van der Waals surface area contributed by atoms with Crippen LogP contribution in [0.1, 0.15) is 38.8 Å². The molecular formula is C13H18N2O3S. The SMILES string of the molecule is CC(=N[S+]([O-])C(C)(C)C)c1cccc([N+](=O)[O-])c1C. The average molecular weight is 282 g/mol. The minimum absolute atomic E-state index is 0.0496. The third kappa shape index (κ3) is 3.78. The zero-order chi connectivity index (χ0) is 14.8. The molecule has 1 aromatic rings. The number of hydrogen-bond donors (Lipinski definition) is 0. The van der Waals surface area contributed by atoms with Gasteiger partial charge in [0.1, 0.15) is 16.1 Å². The third-order valence-corrected chi connectivity index (χ3v) is 4.12. The van der Waals surface area contributed by atoms with Crippen molar-refractivity contribution in [3.63, 3.8) is 0 Å². The third-order valence-electron chi connectivity index (χ3n) is 2.64. The molecular weight excluding hydrogens is 264 g/mol. The summed E-state index contributed by atoms with van der Waals surface area (Å²) in [4.78, 5) is 10.5. The Morgan fingerprint density at radius 2 is 1.95 bits per heavy atom. The van der Waals surface area contributed by atoms with Crippen LogP contribution in [0.15, 0.2) is 22.6 Å². The smallest absolute Gasteiger partial charge is 0.272 e. The molecule has 0 radical (unpaired) electrons. The fraction of sp³-hybridized carbons (Fsp3) is 0.462. The maximum absolute atomic E-state index is 12.0. The molecule has 1 aromatic carbocycles. The molecule has 0 aromatic heterocycles. The van der Waals surface area contributed by atoms with E-state index in [-0.39, 0.29) is 5.69 Å². The maximum atomic E-state index is 12.0. The van der Waals surface area contributed by atoms with Crippen LogP contribution in [0.25, 0.3) is 0 Å². The number of hydrogen-bond acceptors (Lipinski definition) is 4. The van der Waals surface area contributed by atoms with E-state index in [1.54, 1.807) is 26.0 Å². The van der Waals surface area contributed by atoms with Crippen LogP contribution in [0, 0.1) is 17.0 Å². The first-order valence-electron chi connectivity index (χ1n) is 5.86. The van der Waals surface area contributed by atoms with Crippen LogP contribution in [0.2, 0.25) is 0 Å². The Morgan fingerprint density at radius 3 is 2.42 bits per heavy atom. The van der Waals surface area contributed by atoms with E-state index in [1.807, 2.05) is 20.8 Å². The fourth-order valence-electron chi connectivity index (χ4n) is 1.52. The molecule has 0 fully saturated rings. The topological polar surface area (TPSA) is 78.6 Å². The Bertz CT molecular complexity index is 521. The lowest BCUT2D eigenvalue weighted by Crippen LogP contribution is -2.26. The highest BCUT2D eigenvalue weighted by Gasteiger charge is 2.27. The molecule has 1 unspecified atom stereocenters. The second-order valence-electron chi connectivity index (χ2n) is 5.25. The van der Waals surface area contributed by atoms with Crippen LogP contribution >= 0.6 is 0 Å². The summed E-state index contributed by atoms with van der Waals surface area (Å²) in [7, 11) is 0. The van der Waals surface area contributed by atoms with Gasteiger partial charge in [0.25, 0.3) is 5.69 Å². The molecule has 0 saturated heterocycles. The van der Waals surface area contributed by atoms with E-state index >= 15 is 0 Å². The quantitative estimate of drug-likeness (QED) is 0.369. The molecule has 5 nitrogen and oxygen atoms in total. The second kappa shape index (κ2) is 5.71. The Morgan fingerprint density at radius 1 is 1.37 bits per heavy atom. The molecule has 0 amide bonds. The summed E-state index contributed by atoms with van der Waals surface area (Å²) in [6.45, 7) is 8.89. The minimum Gasteiger partial charge on any atom is -0.591 e. The molecule has 19 heavy (non-hydrogen) atoms. The van der Waals surface area contributed by atoms with Crippen molar-refractivity contribution in [2.75, 3.05) is 0 Å². The van der Waals surface area contributed by atoms with E-state index < -0.39 is 21.0 Å². The molecule has 0 bridgehead atoms. The molecule has 0 aliphatic carbocycles. The Labute approximate surface area is 116 Å². The molecule has 0 aliphatic rings. The van der Waals surface area contributed by atoms with Gasteiger partial charge in [-0.1, -0.05) is 16.5 Å². The van der Waals surface area contributed by atoms with Gasteiger partial charge in [-0.25, -0.2) is 0 Å². The van der Waals surface area contributed by atoms with Crippen molar-refractivity contribution in [3.05, 3.63) is 39.4 Å². The monoisotopic (exact) mass is 282 g/mol. The van der Waals surface area contributed by atoms with Gasteiger partial charge in [-0.05, 0) is 34.6 Å². The fourth-order valence-corrected chi connectivity index (χ4v) is 2.14. The number of nitro groups is 1. The summed E-state index contributed by atoms with van der Waals surface area (Å²) >= 11 is -1.38. The van der Waals surface area contributed by atoms with E-state index in [2.05, 4.69) is 4.40 Å². The van der Waals surface area contributed by atoms with Crippen molar-refractivity contribution in [1.82, 2.24) is 0 Å². The van der Waals surface area contributed by atoms with Gasteiger partial charge in [-0.2, -0.15) is 0 Å². The van der Waals surface area contributed by atoms with Crippen molar-refractivity contribution in [3.8, 4) is 0 Å². The summed E-state index contributed by atoms with van der Waals surface area (Å²) in [6, 6.07) is 4.81. The van der Waals surface area contributed by atoms with Gasteiger partial charge in [-0.3, -0.25) is 10.1 Å². The predicted octanol–water partition coefficient (Wildman–Crippen LogP) is 3.17. The van der Waals surface area contributed by atoms with Crippen LogP contribution in [-0.4, -0.2) is 19.9 Å². The molecule has 1 atom stereocenters. The Hall–Kier alpha value is -1.40. The minimum atomic E-state index is -1.38. The van der Waals surface area contributed by atoms with E-state index in [9.17, 15) is 14.7 Å². The first kappa shape index (κ1) is 15.7. The largest absolute Gasteiger partial charge is 0.591 e. The van der Waals surface area contributed by atoms with Crippen LogP contribution < -0.4 is 0 Å². The number of benzene rings is 1. The molecule has 6 heteroatoms. The van der Waals surface area contributed by atoms with Crippen molar-refractivity contribution in [1.29, 1.82) is 0 Å². The first-order chi connectivity index (χ1) is 8.64. The van der Waals surface area contributed by atoms with Crippen LogP contribution in [0.5, 0.6) is 0 Å². The number of nitrogens with zero attached hydrogens (tertiary/aromatic N) is 2. The van der Waals surface area contributed by atoms with Crippen molar-refractivity contribution >= 4 is 22.8 Å². The van der Waals surface area contributed by atoms with Crippen molar-refractivity contribution in [2.24, 2.45) is 4.40 Å². The standard InChI is InChI=1S/C13H18N2O3S/c1-9-11(7-6-8-12(9)15(16)17)10(2)14-19(18)13(3,4)5/h6-8H,1-5H3. The predicted molar refractivity (Wildman–Crippen MR) is 77.9 cm³/mol. The molecule has 0 N–H and O–H groups in total. The Kier molecular flexibility index (Phi) is 4.70. The number of rotatable bonds is 3. The van der Waals surface area contributed by atoms with E-state index in [0.29, 0.717) is 16.8 Å². The van der Waals surface area contributed by atoms with Gasteiger partial charge in [-0.15, -0.1) is 0 Å². The van der Waals surface area contributed by atoms with Crippen molar-refractivity contribution in [2.45, 2.75) is 39.4 Å². The molecule has 0 aliphatic heterocycles. The normalized spacial score (nSPS) is 14.3. The van der Waals surface area contributed by atoms with Gasteiger partial charge < -0.3 is 4.55 Å². The van der Waals surface area contributed by atoms with Crippen LogP contribution in [0.4, 0.5) is 5.69 Å². The highest BCUT2D eigenvalue weighted by molar-refractivity contribution is 7.91. The highest BCUT2D eigenvalue weighted by Crippen LogP contribution is 2.23. The molecule has 0 spiro atoms. The van der Waals surface area contributed by atoms with Crippen LogP contribution in [0.3, 0.4) is 0 Å². The Balaban J connectivity index is 3.21. The molecule has 0 saturated carbocycles. The second-order valence-corrected chi connectivity index (χ2v) is 7.15. The van der Waals surface area contributed by atoms with Gasteiger partial charge >= 0.3 is 0 Å². The van der Waals surface area contributed by atoms with Crippen LogP contribution in [-0.2, 0) is 11.4 Å². The summed E-state index contributed by atoms with van der Waals surface area (Å²) in [5.41, 5.74) is 1.80.